The molecule has 3 aliphatic rings. The summed E-state index contributed by atoms with van der Waals surface area (Å²) in [5, 5.41) is 68.9. The topological polar surface area (TPSA) is 315 Å². The summed E-state index contributed by atoms with van der Waals surface area (Å²) in [5.74, 6) is -7.58. The van der Waals surface area contributed by atoms with Gasteiger partial charge in [-0.05, 0) is 44.5 Å². The summed E-state index contributed by atoms with van der Waals surface area (Å²) >= 11 is 14.6. The lowest BCUT2D eigenvalue weighted by Crippen LogP contribution is -2.71. The van der Waals surface area contributed by atoms with E-state index in [2.05, 4.69) is 20.8 Å². The summed E-state index contributed by atoms with van der Waals surface area (Å²) in [6, 6.07) is 3.62. The van der Waals surface area contributed by atoms with Gasteiger partial charge in [-0.25, -0.2) is 14.6 Å². The normalized spacial score (nSPS) is 18.0. The fourth-order valence-electron chi connectivity index (χ4n) is 7.78. The van der Waals surface area contributed by atoms with Gasteiger partial charge in [0.15, 0.2) is 33.8 Å². The summed E-state index contributed by atoms with van der Waals surface area (Å²) in [6.07, 6.45) is 2.35. The van der Waals surface area contributed by atoms with Gasteiger partial charge >= 0.3 is 11.9 Å². The molecule has 4 heterocycles. The molecule has 0 spiro atoms. The third kappa shape index (κ3) is 10.5. The molecule has 25 heteroatoms. The number of oxime groups is 1. The Bertz CT molecular complexity index is 2510. The van der Waals surface area contributed by atoms with Gasteiger partial charge in [0.25, 0.3) is 23.6 Å². The monoisotopic (exact) mass is 993 g/mol. The van der Waals surface area contributed by atoms with E-state index in [9.17, 15) is 59.4 Å². The summed E-state index contributed by atoms with van der Waals surface area (Å²) < 4.78 is 0.460. The van der Waals surface area contributed by atoms with Crippen molar-refractivity contribution in [3.8, 4) is 23.0 Å². The van der Waals surface area contributed by atoms with Gasteiger partial charge in [0.05, 0.1) is 40.8 Å². The smallest absolute Gasteiger partial charge is 0.352 e. The van der Waals surface area contributed by atoms with Crippen molar-refractivity contribution in [1.29, 1.82) is 0 Å². The van der Waals surface area contributed by atoms with Crippen LogP contribution in [0.15, 0.2) is 46.1 Å². The van der Waals surface area contributed by atoms with Gasteiger partial charge in [-0.3, -0.25) is 24.1 Å². The van der Waals surface area contributed by atoms with Crippen LogP contribution in [-0.4, -0.2) is 160 Å². The van der Waals surface area contributed by atoms with E-state index in [0.717, 1.165) is 41.2 Å². The van der Waals surface area contributed by atoms with E-state index >= 15 is 0 Å². The number of hydrogen-bond acceptors (Lipinski definition) is 16. The van der Waals surface area contributed by atoms with Crippen LogP contribution in [0.1, 0.15) is 65.9 Å². The zero-order valence-electron chi connectivity index (χ0n) is 35.5. The Hall–Kier alpha value is -6.01. The molecule has 4 amide bonds. The first-order valence-electron chi connectivity index (χ1n) is 20.4. The van der Waals surface area contributed by atoms with Crippen molar-refractivity contribution < 1.29 is 68.7 Å². The van der Waals surface area contributed by atoms with Crippen LogP contribution in [0.5, 0.6) is 23.0 Å². The maximum absolute atomic E-state index is 13.9. The summed E-state index contributed by atoms with van der Waals surface area (Å²) in [7, 11) is 0. The molecule has 3 aromatic rings. The molecule has 2 saturated heterocycles. The van der Waals surface area contributed by atoms with Crippen molar-refractivity contribution in [2.45, 2.75) is 56.5 Å². The molecule has 0 saturated carbocycles. The lowest BCUT2D eigenvalue weighted by atomic mass is 10.0. The maximum Gasteiger partial charge on any atom is 0.352 e. The van der Waals surface area contributed by atoms with Gasteiger partial charge in [0, 0.05) is 55.6 Å². The molecule has 2 aromatic carbocycles. The number of aromatic nitrogens is 1. The van der Waals surface area contributed by atoms with Crippen LogP contribution in [0.3, 0.4) is 0 Å². The number of thioether (sulfide) groups is 1. The van der Waals surface area contributed by atoms with E-state index in [4.69, 9.17) is 33.8 Å². The number of carboxylic acids is 2. The number of carboxylic acid groups (broad SMARTS) is 2. The molecular formula is C41H47Cl2N8O13S2+. The number of thiazole rings is 1. The van der Waals surface area contributed by atoms with Crippen molar-refractivity contribution in [2.75, 3.05) is 57.3 Å². The van der Waals surface area contributed by atoms with Gasteiger partial charge in [-0.15, -0.1) is 23.1 Å². The molecule has 66 heavy (non-hydrogen) atoms. The third-order valence-corrected chi connectivity index (χ3v) is 14.1. The van der Waals surface area contributed by atoms with Crippen LogP contribution >= 0.6 is 46.3 Å². The number of phenols is 4. The van der Waals surface area contributed by atoms with Crippen LogP contribution in [0.25, 0.3) is 0 Å². The fourth-order valence-corrected chi connectivity index (χ4v) is 10.2. The van der Waals surface area contributed by atoms with Crippen molar-refractivity contribution in [2.24, 2.45) is 5.16 Å². The summed E-state index contributed by atoms with van der Waals surface area (Å²) in [4.78, 5) is 90.5. The number of aromatic hydroxyl groups is 4. The second kappa shape index (κ2) is 20.2. The molecule has 354 valence electrons. The molecular weight excluding hydrogens is 948 g/mol. The number of nitrogens with zero attached hydrogens (tertiary/aromatic N) is 5. The Balaban J connectivity index is 1.15. The number of carbonyl (C=O) groups excluding carboxylic acids is 4. The Kier molecular flexibility index (Phi) is 15.2. The number of aliphatic carboxylic acids is 2. The number of halogens is 2. The highest BCUT2D eigenvalue weighted by Gasteiger charge is 2.55. The highest BCUT2D eigenvalue weighted by molar-refractivity contribution is 8.00. The van der Waals surface area contributed by atoms with Crippen LogP contribution < -0.4 is 16.4 Å². The number of nitrogen functional groups attached to an aromatic ring is 1. The van der Waals surface area contributed by atoms with Gasteiger partial charge in [-0.1, -0.05) is 28.4 Å². The van der Waals surface area contributed by atoms with Crippen LogP contribution in [0.4, 0.5) is 5.13 Å². The zero-order valence-corrected chi connectivity index (χ0v) is 38.6. The van der Waals surface area contributed by atoms with Gasteiger partial charge in [0.1, 0.15) is 29.4 Å². The minimum Gasteiger partial charge on any atom is -0.504 e. The number of phenolic OH excluding ortho intramolecular Hbond substituents is 4. The standard InChI is InChI=1S/C41H46Cl2N8O13S2/c1-41(2,39(62)63)64-48-28(23-19-66-40(44)46-23)34(57)47-29-36(59)50-30(38(60)61)20(18-65-37(29)50)17-51(14-3-4-15-51)16-6-13-49(35(58)22-8-10-25(53)32(55)27(22)43)12-5-11-45-33(56)21-7-9-24(52)31(54)26(21)42/h7-10,19,29,37H,3-6,11-18H2,1-2H3,(H9-,44,45,46,47,48,52,53,54,55,56,57,58,60,61,62,63)/p+1/t29-,37-/m1/s1. The van der Waals surface area contributed by atoms with Crippen molar-refractivity contribution in [3.63, 3.8) is 0 Å². The Morgan fingerprint density at radius 1 is 0.985 bits per heavy atom. The number of fused-ring (bicyclic) bond motifs is 1. The van der Waals surface area contributed by atoms with Gasteiger partial charge in [-0.2, -0.15) is 0 Å². The number of nitrogens with one attached hydrogen (secondary N) is 2. The van der Waals surface area contributed by atoms with Crippen LogP contribution in [0, 0.1) is 0 Å². The van der Waals surface area contributed by atoms with Crippen molar-refractivity contribution >= 4 is 92.7 Å². The van der Waals surface area contributed by atoms with Crippen molar-refractivity contribution in [1.82, 2.24) is 25.4 Å². The molecule has 6 rings (SSSR count). The van der Waals surface area contributed by atoms with E-state index in [1.54, 1.807) is 0 Å². The quantitative estimate of drug-likeness (QED) is 0.0208. The van der Waals surface area contributed by atoms with Gasteiger partial charge < -0.3 is 61.2 Å². The van der Waals surface area contributed by atoms with E-state index in [0.29, 0.717) is 36.1 Å². The molecule has 1 aromatic heterocycles. The number of rotatable bonds is 19. The first-order chi connectivity index (χ1) is 31.2. The number of quaternary nitrogens is 1. The highest BCUT2D eigenvalue weighted by atomic mass is 35.5. The minimum absolute atomic E-state index is 0.0242. The number of amides is 4. The zero-order chi connectivity index (χ0) is 48.2. The first kappa shape index (κ1) is 49.4. The number of carbonyl (C=O) groups is 6. The largest absolute Gasteiger partial charge is 0.504 e. The number of anilines is 1. The SMILES string of the molecule is CC(C)(O/N=C(\C(=O)N[C@@H]1C(=O)N2C(C(=O)O)=C(C[N+]3(CCCN(CCCNC(=O)c4ccc(O)c(O)c4Cl)C(=O)c4ccc(O)c(O)c4Cl)CCCC3)CS[C@H]12)c1csc(N)n1)C(=O)O. The number of benzene rings is 2. The highest BCUT2D eigenvalue weighted by Crippen LogP contribution is 2.42. The molecule has 21 nitrogen and oxygen atoms in total. The van der Waals surface area contributed by atoms with E-state index in [1.165, 1.54) is 48.0 Å². The van der Waals surface area contributed by atoms with E-state index in [1.807, 2.05) is 0 Å². The third-order valence-electron chi connectivity index (χ3n) is 11.3. The minimum atomic E-state index is -1.83. The Labute approximate surface area is 395 Å². The second-order valence-electron chi connectivity index (χ2n) is 16.3. The fraction of sp³-hybridized carbons (Fsp3) is 0.415. The molecule has 0 aliphatic carbocycles. The van der Waals surface area contributed by atoms with Crippen LogP contribution in [0.2, 0.25) is 10.0 Å². The summed E-state index contributed by atoms with van der Waals surface area (Å²) in [6.45, 7) is 4.95. The van der Waals surface area contributed by atoms with Crippen molar-refractivity contribution in [3.05, 3.63) is 67.8 Å². The number of nitrogens with two attached hydrogens (primary N) is 1. The number of hydrogen-bond donors (Lipinski definition) is 9. The lowest BCUT2D eigenvalue weighted by Gasteiger charge is -2.50. The molecule has 10 N–H and O–H groups in total. The van der Waals surface area contributed by atoms with Crippen LogP contribution in [-0.2, 0) is 24.0 Å². The predicted molar refractivity (Wildman–Crippen MR) is 242 cm³/mol. The Morgan fingerprint density at radius 2 is 1.61 bits per heavy atom. The average molecular weight is 995 g/mol. The summed E-state index contributed by atoms with van der Waals surface area (Å²) in [5.41, 5.74) is 3.66. The van der Waals surface area contributed by atoms with E-state index in [-0.39, 0.29) is 76.0 Å². The molecule has 2 fully saturated rings. The lowest BCUT2D eigenvalue weighted by molar-refractivity contribution is -0.912. The number of likely N-dealkylation sites (tertiary alicyclic amines) is 1. The molecule has 3 aliphatic heterocycles. The van der Waals surface area contributed by atoms with E-state index < -0.39 is 81.3 Å². The molecule has 0 bridgehead atoms. The molecule has 0 radical (unpaired) electrons. The molecule has 2 atom stereocenters. The molecule has 0 unspecified atom stereocenters. The maximum atomic E-state index is 13.9. The Morgan fingerprint density at radius 3 is 2.21 bits per heavy atom. The number of β-lactam (4-membered cyclic amide) rings is 1. The second-order valence-corrected chi connectivity index (χ2v) is 19.0. The van der Waals surface area contributed by atoms with Gasteiger partial charge in [0.2, 0.25) is 5.60 Å². The average Bonchev–Trinajstić information content (AvgIpc) is 3.92. The first-order valence-corrected chi connectivity index (χ1v) is 23.1. The predicted octanol–water partition coefficient (Wildman–Crippen LogP) is 3.14.